The standard InChI is InChI=1S/C13H15FN4O/c1-7-12(15)16-8(2)17-13(7)18-10-5-4-9(14)6-11(10)19-3/h4-6H,1-3H3,(H3,15,16,17,18). The van der Waals surface area contributed by atoms with Crippen molar-refractivity contribution in [1.29, 1.82) is 0 Å². The van der Waals surface area contributed by atoms with Crippen LogP contribution in [0.2, 0.25) is 0 Å². The molecule has 0 fully saturated rings. The van der Waals surface area contributed by atoms with Gasteiger partial charge in [-0.2, -0.15) is 0 Å². The van der Waals surface area contributed by atoms with Crippen LogP contribution in [0.1, 0.15) is 11.4 Å². The lowest BCUT2D eigenvalue weighted by Gasteiger charge is -2.13. The second-order valence-corrected chi connectivity index (χ2v) is 4.10. The summed E-state index contributed by atoms with van der Waals surface area (Å²) in [6.45, 7) is 3.57. The van der Waals surface area contributed by atoms with Gasteiger partial charge in [-0.3, -0.25) is 0 Å². The minimum atomic E-state index is -0.363. The van der Waals surface area contributed by atoms with Gasteiger partial charge in [-0.25, -0.2) is 14.4 Å². The Kier molecular flexibility index (Phi) is 3.50. The van der Waals surface area contributed by atoms with E-state index in [4.69, 9.17) is 10.5 Å². The number of rotatable bonds is 3. The van der Waals surface area contributed by atoms with Crippen molar-refractivity contribution < 1.29 is 9.13 Å². The van der Waals surface area contributed by atoms with E-state index in [2.05, 4.69) is 15.3 Å². The monoisotopic (exact) mass is 262 g/mol. The van der Waals surface area contributed by atoms with E-state index < -0.39 is 0 Å². The first-order chi connectivity index (χ1) is 9.01. The number of methoxy groups -OCH3 is 1. The van der Waals surface area contributed by atoms with E-state index in [9.17, 15) is 4.39 Å². The van der Waals surface area contributed by atoms with Crippen molar-refractivity contribution in [3.8, 4) is 5.75 Å². The summed E-state index contributed by atoms with van der Waals surface area (Å²) < 4.78 is 18.2. The van der Waals surface area contributed by atoms with E-state index in [0.717, 1.165) is 5.56 Å². The molecule has 6 heteroatoms. The Morgan fingerprint density at radius 2 is 2.00 bits per heavy atom. The van der Waals surface area contributed by atoms with Crippen molar-refractivity contribution in [3.05, 3.63) is 35.4 Å². The molecule has 0 saturated carbocycles. The number of hydrogen-bond acceptors (Lipinski definition) is 5. The van der Waals surface area contributed by atoms with Crippen molar-refractivity contribution in [3.63, 3.8) is 0 Å². The Morgan fingerprint density at radius 1 is 1.26 bits per heavy atom. The molecule has 0 aliphatic carbocycles. The second-order valence-electron chi connectivity index (χ2n) is 4.10. The molecule has 0 radical (unpaired) electrons. The summed E-state index contributed by atoms with van der Waals surface area (Å²) in [5.41, 5.74) is 7.14. The molecule has 0 atom stereocenters. The maximum atomic E-state index is 13.1. The molecule has 0 unspecified atom stereocenters. The van der Waals surface area contributed by atoms with Crippen LogP contribution < -0.4 is 15.8 Å². The zero-order valence-corrected chi connectivity index (χ0v) is 11.0. The quantitative estimate of drug-likeness (QED) is 0.889. The Hall–Kier alpha value is -2.37. The van der Waals surface area contributed by atoms with Crippen LogP contribution in [0.15, 0.2) is 18.2 Å². The summed E-state index contributed by atoms with van der Waals surface area (Å²) in [4.78, 5) is 8.34. The molecule has 3 N–H and O–H groups in total. The number of nitrogens with one attached hydrogen (secondary N) is 1. The van der Waals surface area contributed by atoms with E-state index in [1.165, 1.54) is 19.2 Å². The Morgan fingerprint density at radius 3 is 2.68 bits per heavy atom. The summed E-state index contributed by atoms with van der Waals surface area (Å²) in [5.74, 6) is 1.59. The van der Waals surface area contributed by atoms with Gasteiger partial charge in [-0.1, -0.05) is 0 Å². The minimum Gasteiger partial charge on any atom is -0.494 e. The molecule has 0 bridgehead atoms. The number of nitrogens with two attached hydrogens (primary N) is 1. The Labute approximate surface area is 110 Å². The number of benzene rings is 1. The molecule has 5 nitrogen and oxygen atoms in total. The van der Waals surface area contributed by atoms with Crippen LogP contribution >= 0.6 is 0 Å². The smallest absolute Gasteiger partial charge is 0.145 e. The van der Waals surface area contributed by atoms with Gasteiger partial charge in [-0.05, 0) is 26.0 Å². The topological polar surface area (TPSA) is 73.1 Å². The molecule has 0 saturated heterocycles. The van der Waals surface area contributed by atoms with Gasteiger partial charge < -0.3 is 15.8 Å². The van der Waals surface area contributed by atoms with E-state index in [1.54, 1.807) is 13.0 Å². The fraction of sp³-hybridized carbons (Fsp3) is 0.231. The molecule has 0 amide bonds. The highest BCUT2D eigenvalue weighted by Gasteiger charge is 2.10. The van der Waals surface area contributed by atoms with Crippen LogP contribution in [0.25, 0.3) is 0 Å². The highest BCUT2D eigenvalue weighted by Crippen LogP contribution is 2.29. The van der Waals surface area contributed by atoms with E-state index in [1.807, 2.05) is 6.92 Å². The van der Waals surface area contributed by atoms with Crippen LogP contribution in [0.5, 0.6) is 5.75 Å². The normalized spacial score (nSPS) is 10.3. The Bertz CT molecular complexity index is 616. The van der Waals surface area contributed by atoms with Crippen LogP contribution in [-0.4, -0.2) is 17.1 Å². The van der Waals surface area contributed by atoms with Crippen molar-refractivity contribution >= 4 is 17.3 Å². The number of aromatic nitrogens is 2. The lowest BCUT2D eigenvalue weighted by atomic mass is 10.2. The molecule has 0 spiro atoms. The van der Waals surface area contributed by atoms with E-state index >= 15 is 0 Å². The van der Waals surface area contributed by atoms with Crippen molar-refractivity contribution in [2.75, 3.05) is 18.2 Å². The summed E-state index contributed by atoms with van der Waals surface area (Å²) >= 11 is 0. The van der Waals surface area contributed by atoms with Gasteiger partial charge >= 0.3 is 0 Å². The number of ether oxygens (including phenoxy) is 1. The predicted octanol–water partition coefficient (Wildman–Crippen LogP) is 2.57. The van der Waals surface area contributed by atoms with Gasteiger partial charge in [-0.15, -0.1) is 0 Å². The highest BCUT2D eigenvalue weighted by molar-refractivity contribution is 5.68. The molecule has 2 rings (SSSR count). The van der Waals surface area contributed by atoms with Crippen molar-refractivity contribution in [2.45, 2.75) is 13.8 Å². The Balaban J connectivity index is 2.41. The number of hydrogen-bond donors (Lipinski definition) is 2. The third-order valence-electron chi connectivity index (χ3n) is 2.71. The predicted molar refractivity (Wildman–Crippen MR) is 72.2 cm³/mol. The molecule has 0 aliphatic heterocycles. The summed E-state index contributed by atoms with van der Waals surface area (Å²) in [6.07, 6.45) is 0. The van der Waals surface area contributed by atoms with Crippen LogP contribution in [0.4, 0.5) is 21.7 Å². The highest BCUT2D eigenvalue weighted by atomic mass is 19.1. The van der Waals surface area contributed by atoms with Crippen LogP contribution in [0, 0.1) is 19.7 Å². The van der Waals surface area contributed by atoms with Gasteiger partial charge in [0.25, 0.3) is 0 Å². The first kappa shape index (κ1) is 13.1. The molecule has 2 aromatic rings. The van der Waals surface area contributed by atoms with E-state index in [0.29, 0.717) is 28.9 Å². The van der Waals surface area contributed by atoms with Crippen molar-refractivity contribution in [2.24, 2.45) is 0 Å². The average Bonchev–Trinajstić information content (AvgIpc) is 2.37. The maximum Gasteiger partial charge on any atom is 0.145 e. The third-order valence-corrected chi connectivity index (χ3v) is 2.71. The first-order valence-corrected chi connectivity index (χ1v) is 5.72. The number of nitrogens with zero attached hydrogens (tertiary/aromatic N) is 2. The average molecular weight is 262 g/mol. The number of nitrogen functional groups attached to an aromatic ring is 1. The second kappa shape index (κ2) is 5.09. The summed E-state index contributed by atoms with van der Waals surface area (Å²) in [7, 11) is 1.48. The lowest BCUT2D eigenvalue weighted by molar-refractivity contribution is 0.413. The molecule has 1 aromatic carbocycles. The molecule has 100 valence electrons. The zero-order valence-electron chi connectivity index (χ0n) is 11.0. The number of aryl methyl sites for hydroxylation is 1. The molecular weight excluding hydrogens is 247 g/mol. The number of anilines is 3. The summed E-state index contributed by atoms with van der Waals surface area (Å²) in [5, 5.41) is 3.08. The molecule has 0 aliphatic rings. The maximum absolute atomic E-state index is 13.1. The van der Waals surface area contributed by atoms with Gasteiger partial charge in [0, 0.05) is 11.6 Å². The molecular formula is C13H15FN4O. The third kappa shape index (κ3) is 2.73. The molecule has 19 heavy (non-hydrogen) atoms. The SMILES string of the molecule is COc1cc(F)ccc1Nc1nc(C)nc(N)c1C. The summed E-state index contributed by atoms with van der Waals surface area (Å²) in [6, 6.07) is 4.23. The fourth-order valence-corrected chi connectivity index (χ4v) is 1.67. The van der Waals surface area contributed by atoms with Gasteiger partial charge in [0.1, 0.15) is 29.0 Å². The van der Waals surface area contributed by atoms with Gasteiger partial charge in [0.15, 0.2) is 0 Å². The van der Waals surface area contributed by atoms with Crippen molar-refractivity contribution in [1.82, 2.24) is 9.97 Å². The van der Waals surface area contributed by atoms with Crippen LogP contribution in [0.3, 0.4) is 0 Å². The minimum absolute atomic E-state index is 0.363. The molecule has 1 heterocycles. The van der Waals surface area contributed by atoms with E-state index in [-0.39, 0.29) is 5.82 Å². The number of halogens is 1. The zero-order chi connectivity index (χ0) is 14.0. The van der Waals surface area contributed by atoms with Crippen LogP contribution in [-0.2, 0) is 0 Å². The first-order valence-electron chi connectivity index (χ1n) is 5.72. The fourth-order valence-electron chi connectivity index (χ4n) is 1.67. The lowest BCUT2D eigenvalue weighted by Crippen LogP contribution is -2.05. The molecule has 1 aromatic heterocycles. The largest absolute Gasteiger partial charge is 0.494 e. The van der Waals surface area contributed by atoms with Gasteiger partial charge in [0.2, 0.25) is 0 Å². The van der Waals surface area contributed by atoms with Gasteiger partial charge in [0.05, 0.1) is 12.8 Å².